The molecular formula is C7H20N2. The summed E-state index contributed by atoms with van der Waals surface area (Å²) in [7, 11) is 0. The summed E-state index contributed by atoms with van der Waals surface area (Å²) in [5.74, 6) is 0. The Morgan fingerprint density at radius 3 is 1.44 bits per heavy atom. The topological polar surface area (TPSA) is 47.0 Å². The van der Waals surface area contributed by atoms with E-state index in [4.69, 9.17) is 0 Å². The van der Waals surface area contributed by atoms with Gasteiger partial charge in [0.15, 0.2) is 0 Å². The molecule has 1 aliphatic heterocycles. The van der Waals surface area contributed by atoms with Crippen LogP contribution in [0.3, 0.4) is 0 Å². The summed E-state index contributed by atoms with van der Waals surface area (Å²) in [5.41, 5.74) is 0. The van der Waals surface area contributed by atoms with E-state index in [1.807, 2.05) is 13.8 Å². The Hall–Kier alpha value is -0.0800. The Labute approximate surface area is 58.6 Å². The minimum absolute atomic E-state index is 0. The predicted octanol–water partition coefficient (Wildman–Crippen LogP) is 1.95. The van der Waals surface area contributed by atoms with Gasteiger partial charge in [0, 0.05) is 0 Å². The van der Waals surface area contributed by atoms with Crippen LogP contribution in [0, 0.1) is 0 Å². The highest BCUT2D eigenvalue weighted by Gasteiger charge is 1.93. The minimum atomic E-state index is 0. The molecule has 0 radical (unpaired) electrons. The molecule has 1 heterocycles. The van der Waals surface area contributed by atoms with Crippen LogP contribution < -0.4 is 11.5 Å². The zero-order valence-corrected chi connectivity index (χ0v) is 6.74. The summed E-state index contributed by atoms with van der Waals surface area (Å²) in [6.07, 6.45) is 4.22. The molecular weight excluding hydrogens is 112 g/mol. The molecule has 0 bridgehead atoms. The van der Waals surface area contributed by atoms with E-state index >= 15 is 0 Å². The van der Waals surface area contributed by atoms with E-state index in [2.05, 4.69) is 5.32 Å². The van der Waals surface area contributed by atoms with Crippen LogP contribution in [-0.2, 0) is 0 Å². The van der Waals surface area contributed by atoms with Crippen molar-refractivity contribution >= 4 is 0 Å². The van der Waals surface area contributed by atoms with Crippen LogP contribution in [-0.4, -0.2) is 13.1 Å². The van der Waals surface area contributed by atoms with E-state index in [9.17, 15) is 0 Å². The molecule has 0 aliphatic carbocycles. The molecule has 2 heteroatoms. The van der Waals surface area contributed by atoms with Gasteiger partial charge < -0.3 is 11.5 Å². The van der Waals surface area contributed by atoms with Gasteiger partial charge in [-0.2, -0.15) is 0 Å². The van der Waals surface area contributed by atoms with Gasteiger partial charge in [-0.05, 0) is 25.9 Å². The highest BCUT2D eigenvalue weighted by Crippen LogP contribution is 1.96. The quantitative estimate of drug-likeness (QED) is 0.529. The fourth-order valence-electron chi connectivity index (χ4n) is 0.802. The molecule has 1 saturated heterocycles. The van der Waals surface area contributed by atoms with E-state index < -0.39 is 0 Å². The Morgan fingerprint density at radius 1 is 0.889 bits per heavy atom. The first-order valence-electron chi connectivity index (χ1n) is 3.71. The zero-order valence-electron chi connectivity index (χ0n) is 6.74. The molecule has 2 nitrogen and oxygen atoms in total. The van der Waals surface area contributed by atoms with E-state index in [1.54, 1.807) is 0 Å². The molecule has 1 fully saturated rings. The number of hydrogen-bond donors (Lipinski definition) is 2. The first kappa shape index (κ1) is 11.7. The second kappa shape index (κ2) is 10.8. The third kappa shape index (κ3) is 7.92. The van der Waals surface area contributed by atoms with Crippen molar-refractivity contribution in [3.8, 4) is 0 Å². The Bertz CT molecular complexity index is 22.4. The molecule has 0 aromatic rings. The maximum atomic E-state index is 3.28. The van der Waals surface area contributed by atoms with Crippen molar-refractivity contribution in [3.05, 3.63) is 0 Å². The fourth-order valence-corrected chi connectivity index (χ4v) is 0.802. The van der Waals surface area contributed by atoms with Crippen LogP contribution in [0.5, 0.6) is 0 Å². The van der Waals surface area contributed by atoms with E-state index in [0.717, 1.165) is 0 Å². The second-order valence-corrected chi connectivity index (χ2v) is 1.81. The van der Waals surface area contributed by atoms with Crippen molar-refractivity contribution in [2.75, 3.05) is 13.1 Å². The van der Waals surface area contributed by atoms with Crippen molar-refractivity contribution < 1.29 is 0 Å². The summed E-state index contributed by atoms with van der Waals surface area (Å²) in [6, 6.07) is 0. The van der Waals surface area contributed by atoms with Crippen molar-refractivity contribution in [1.29, 1.82) is 0 Å². The molecule has 0 aromatic carbocycles. The monoisotopic (exact) mass is 132 g/mol. The standard InChI is InChI=1S/C5H11N.C2H6.H3N/c1-2-4-6-5-3-1;1-2;/h6H,1-5H2;1-2H3;1H3. The van der Waals surface area contributed by atoms with Crippen molar-refractivity contribution in [3.63, 3.8) is 0 Å². The highest BCUT2D eigenvalue weighted by molar-refractivity contribution is 4.55. The minimum Gasteiger partial charge on any atom is -0.344 e. The zero-order chi connectivity index (χ0) is 6.24. The summed E-state index contributed by atoms with van der Waals surface area (Å²) in [5, 5.41) is 3.28. The van der Waals surface area contributed by atoms with Crippen LogP contribution in [0.15, 0.2) is 0 Å². The molecule has 0 saturated carbocycles. The average molecular weight is 132 g/mol. The lowest BCUT2D eigenvalue weighted by Gasteiger charge is -2.08. The first-order chi connectivity index (χ1) is 4.00. The predicted molar refractivity (Wildman–Crippen MR) is 43.1 cm³/mol. The first-order valence-corrected chi connectivity index (χ1v) is 3.71. The number of nitrogens with one attached hydrogen (secondary N) is 1. The number of hydrogen-bond acceptors (Lipinski definition) is 2. The van der Waals surface area contributed by atoms with Crippen LogP contribution in [0.4, 0.5) is 0 Å². The largest absolute Gasteiger partial charge is 0.344 e. The van der Waals surface area contributed by atoms with Gasteiger partial charge in [0.1, 0.15) is 0 Å². The molecule has 0 spiro atoms. The fraction of sp³-hybridized carbons (Fsp3) is 1.00. The molecule has 0 amide bonds. The Balaban J connectivity index is 0. The van der Waals surface area contributed by atoms with Crippen molar-refractivity contribution in [2.24, 2.45) is 0 Å². The SMILES string of the molecule is C1CCNCC1.CC.N. The molecule has 9 heavy (non-hydrogen) atoms. The molecule has 0 unspecified atom stereocenters. The van der Waals surface area contributed by atoms with Gasteiger partial charge >= 0.3 is 0 Å². The lowest BCUT2D eigenvalue weighted by molar-refractivity contribution is 0.520. The maximum absolute atomic E-state index is 3.28. The Kier molecular flexibility index (Phi) is 14.0. The average Bonchev–Trinajstić information content (AvgIpc) is 1.96. The third-order valence-electron chi connectivity index (χ3n) is 1.21. The molecule has 1 aliphatic rings. The van der Waals surface area contributed by atoms with Crippen molar-refractivity contribution in [2.45, 2.75) is 33.1 Å². The second-order valence-electron chi connectivity index (χ2n) is 1.81. The van der Waals surface area contributed by atoms with E-state index in [1.165, 1.54) is 32.4 Å². The molecule has 58 valence electrons. The third-order valence-corrected chi connectivity index (χ3v) is 1.21. The van der Waals surface area contributed by atoms with Gasteiger partial charge in [-0.25, -0.2) is 0 Å². The highest BCUT2D eigenvalue weighted by atomic mass is 14.9. The van der Waals surface area contributed by atoms with Crippen LogP contribution in [0.2, 0.25) is 0 Å². The molecule has 1 rings (SSSR count). The summed E-state index contributed by atoms with van der Waals surface area (Å²) < 4.78 is 0. The lowest BCUT2D eigenvalue weighted by atomic mass is 10.2. The molecule has 0 atom stereocenters. The normalized spacial score (nSPS) is 16.7. The smallest absolute Gasteiger partial charge is 0.00489 e. The van der Waals surface area contributed by atoms with Crippen molar-refractivity contribution in [1.82, 2.24) is 11.5 Å². The Morgan fingerprint density at radius 2 is 1.33 bits per heavy atom. The van der Waals surface area contributed by atoms with Crippen LogP contribution in [0.1, 0.15) is 33.1 Å². The van der Waals surface area contributed by atoms with Gasteiger partial charge in [-0.3, -0.25) is 0 Å². The number of piperidine rings is 1. The summed E-state index contributed by atoms with van der Waals surface area (Å²) >= 11 is 0. The van der Waals surface area contributed by atoms with Gasteiger partial charge in [0.25, 0.3) is 0 Å². The summed E-state index contributed by atoms with van der Waals surface area (Å²) in [4.78, 5) is 0. The van der Waals surface area contributed by atoms with Crippen LogP contribution in [0.25, 0.3) is 0 Å². The molecule has 4 N–H and O–H groups in total. The van der Waals surface area contributed by atoms with E-state index in [0.29, 0.717) is 0 Å². The lowest BCUT2D eigenvalue weighted by Crippen LogP contribution is -2.21. The van der Waals surface area contributed by atoms with Crippen LogP contribution >= 0.6 is 0 Å². The van der Waals surface area contributed by atoms with Gasteiger partial charge in [0.2, 0.25) is 0 Å². The van der Waals surface area contributed by atoms with Gasteiger partial charge in [-0.15, -0.1) is 0 Å². The number of rotatable bonds is 0. The van der Waals surface area contributed by atoms with Gasteiger partial charge in [0.05, 0.1) is 0 Å². The van der Waals surface area contributed by atoms with Gasteiger partial charge in [-0.1, -0.05) is 20.3 Å². The molecule has 0 aromatic heterocycles. The maximum Gasteiger partial charge on any atom is -0.00489 e. The summed E-state index contributed by atoms with van der Waals surface area (Å²) in [6.45, 7) is 6.50. The van der Waals surface area contributed by atoms with E-state index in [-0.39, 0.29) is 6.15 Å².